The molecule has 0 amide bonds. The van der Waals surface area contributed by atoms with Crippen molar-refractivity contribution < 1.29 is 9.84 Å². The smallest absolute Gasteiger partial charge is 0.168 e. The van der Waals surface area contributed by atoms with Crippen molar-refractivity contribution in [3.63, 3.8) is 0 Å². The van der Waals surface area contributed by atoms with E-state index < -0.39 is 6.10 Å². The molecule has 1 atom stereocenters. The molecule has 2 rings (SSSR count). The summed E-state index contributed by atoms with van der Waals surface area (Å²) in [5, 5.41) is 25.8. The zero-order chi connectivity index (χ0) is 21.9. The first-order valence-electron chi connectivity index (χ1n) is 10.3. The number of rotatable bonds is 12. The van der Waals surface area contributed by atoms with Gasteiger partial charge < -0.3 is 20.1 Å². The lowest BCUT2D eigenvalue weighted by Gasteiger charge is -2.20. The summed E-state index contributed by atoms with van der Waals surface area (Å²) in [5.41, 5.74) is 4.88. The second kappa shape index (κ2) is 12.1. The van der Waals surface area contributed by atoms with Gasteiger partial charge in [-0.25, -0.2) is 0 Å². The summed E-state index contributed by atoms with van der Waals surface area (Å²) in [6.07, 6.45) is 0.236. The van der Waals surface area contributed by atoms with E-state index in [1.54, 1.807) is 0 Å². The standard InChI is InChI=1S/C22H34N6O2/c1-16(2)23-14-19(29)15-30-20-9-7-6-8-18(20)12-13-28(5)22-11-10-21(26-27-22)25-24-17(3)4/h6-11,16,19,23,29H,12-15H2,1-5H3,(H,25,26). The molecule has 2 aromatic rings. The van der Waals surface area contributed by atoms with Gasteiger partial charge in [0.05, 0.1) is 0 Å². The fraction of sp³-hybridized carbons (Fsp3) is 0.500. The van der Waals surface area contributed by atoms with Crippen molar-refractivity contribution in [2.75, 3.05) is 37.1 Å². The maximum atomic E-state index is 10.1. The van der Waals surface area contributed by atoms with Gasteiger partial charge in [-0.2, -0.15) is 5.10 Å². The van der Waals surface area contributed by atoms with Crippen molar-refractivity contribution in [2.24, 2.45) is 5.10 Å². The molecule has 164 valence electrons. The van der Waals surface area contributed by atoms with Crippen molar-refractivity contribution in [3.05, 3.63) is 42.0 Å². The number of anilines is 2. The average molecular weight is 415 g/mol. The Kier molecular flexibility index (Phi) is 9.50. The Hall–Kier alpha value is -2.71. The monoisotopic (exact) mass is 414 g/mol. The largest absolute Gasteiger partial charge is 0.491 e. The van der Waals surface area contributed by atoms with Gasteiger partial charge >= 0.3 is 0 Å². The minimum Gasteiger partial charge on any atom is -0.491 e. The molecule has 1 aromatic heterocycles. The number of hydrogen-bond donors (Lipinski definition) is 3. The fourth-order valence-electron chi connectivity index (χ4n) is 2.63. The first-order chi connectivity index (χ1) is 14.3. The molecule has 1 heterocycles. The van der Waals surface area contributed by atoms with Gasteiger partial charge in [0, 0.05) is 31.9 Å². The quantitative estimate of drug-likeness (QED) is 0.363. The summed E-state index contributed by atoms with van der Waals surface area (Å²) in [7, 11) is 1.98. The Labute approximate surface area is 179 Å². The SMILES string of the molecule is CC(C)=NNc1ccc(N(C)CCc2ccccc2OCC(O)CNC(C)C)nn1. The highest BCUT2D eigenvalue weighted by atomic mass is 16.5. The summed E-state index contributed by atoms with van der Waals surface area (Å²) in [5.74, 6) is 2.19. The number of aromatic nitrogens is 2. The molecular formula is C22H34N6O2. The minimum atomic E-state index is -0.550. The molecule has 0 aliphatic carbocycles. The Morgan fingerprint density at radius 2 is 1.93 bits per heavy atom. The van der Waals surface area contributed by atoms with Crippen LogP contribution in [0.1, 0.15) is 33.3 Å². The Bertz CT molecular complexity index is 790. The highest BCUT2D eigenvalue weighted by Gasteiger charge is 2.10. The third-order valence-electron chi connectivity index (χ3n) is 4.32. The van der Waals surface area contributed by atoms with Crippen LogP contribution in [0.3, 0.4) is 0 Å². The maximum absolute atomic E-state index is 10.1. The molecule has 8 nitrogen and oxygen atoms in total. The van der Waals surface area contributed by atoms with E-state index in [4.69, 9.17) is 4.74 Å². The second-order valence-corrected chi connectivity index (χ2v) is 7.75. The van der Waals surface area contributed by atoms with Gasteiger partial charge in [-0.1, -0.05) is 32.0 Å². The molecule has 30 heavy (non-hydrogen) atoms. The van der Waals surface area contributed by atoms with Gasteiger partial charge in [0.25, 0.3) is 0 Å². The molecule has 8 heteroatoms. The van der Waals surface area contributed by atoms with Crippen LogP contribution in [0.15, 0.2) is 41.5 Å². The van der Waals surface area contributed by atoms with E-state index >= 15 is 0 Å². The van der Waals surface area contributed by atoms with Crippen LogP contribution in [0.25, 0.3) is 0 Å². The van der Waals surface area contributed by atoms with Gasteiger partial charge in [0.15, 0.2) is 11.6 Å². The molecule has 0 saturated carbocycles. The predicted molar refractivity (Wildman–Crippen MR) is 122 cm³/mol. The van der Waals surface area contributed by atoms with Crippen LogP contribution in [0.5, 0.6) is 5.75 Å². The molecule has 0 aliphatic rings. The summed E-state index contributed by atoms with van der Waals surface area (Å²) >= 11 is 0. The van der Waals surface area contributed by atoms with E-state index in [-0.39, 0.29) is 6.61 Å². The van der Waals surface area contributed by atoms with Crippen LogP contribution in [0.2, 0.25) is 0 Å². The van der Waals surface area contributed by atoms with Crippen molar-refractivity contribution in [1.29, 1.82) is 0 Å². The normalized spacial score (nSPS) is 11.8. The average Bonchev–Trinajstić information content (AvgIpc) is 2.74. The van der Waals surface area contributed by atoms with Gasteiger partial charge in [0.2, 0.25) is 0 Å². The molecular weight excluding hydrogens is 380 g/mol. The van der Waals surface area contributed by atoms with Crippen molar-refractivity contribution in [1.82, 2.24) is 15.5 Å². The number of benzene rings is 1. The lowest BCUT2D eigenvalue weighted by molar-refractivity contribution is 0.104. The van der Waals surface area contributed by atoms with Crippen LogP contribution >= 0.6 is 0 Å². The van der Waals surface area contributed by atoms with E-state index in [9.17, 15) is 5.11 Å². The van der Waals surface area contributed by atoms with Gasteiger partial charge in [-0.05, 0) is 44.0 Å². The molecule has 1 unspecified atom stereocenters. The van der Waals surface area contributed by atoms with Gasteiger partial charge in [-0.3, -0.25) is 5.43 Å². The van der Waals surface area contributed by atoms with E-state index in [0.29, 0.717) is 18.4 Å². The van der Waals surface area contributed by atoms with Crippen molar-refractivity contribution in [2.45, 2.75) is 46.3 Å². The number of nitrogens with zero attached hydrogens (tertiary/aromatic N) is 4. The number of ether oxygens (including phenoxy) is 1. The summed E-state index contributed by atoms with van der Waals surface area (Å²) in [4.78, 5) is 2.04. The number of aliphatic hydroxyl groups is 1. The first kappa shape index (κ1) is 23.6. The summed E-state index contributed by atoms with van der Waals surface area (Å²) in [6, 6.07) is 12.0. The lowest BCUT2D eigenvalue weighted by Crippen LogP contribution is -2.35. The fourth-order valence-corrected chi connectivity index (χ4v) is 2.63. The highest BCUT2D eigenvalue weighted by molar-refractivity contribution is 5.79. The van der Waals surface area contributed by atoms with Crippen LogP contribution in [-0.4, -0.2) is 59.9 Å². The lowest BCUT2D eigenvalue weighted by atomic mass is 10.1. The third-order valence-corrected chi connectivity index (χ3v) is 4.32. The van der Waals surface area contributed by atoms with Crippen LogP contribution in [0, 0.1) is 0 Å². The molecule has 0 bridgehead atoms. The third kappa shape index (κ3) is 8.34. The van der Waals surface area contributed by atoms with Gasteiger partial charge in [0.1, 0.15) is 18.5 Å². The van der Waals surface area contributed by atoms with Crippen LogP contribution in [0.4, 0.5) is 11.6 Å². The Balaban J connectivity index is 1.88. The highest BCUT2D eigenvalue weighted by Crippen LogP contribution is 2.20. The summed E-state index contributed by atoms with van der Waals surface area (Å²) in [6.45, 7) is 9.44. The van der Waals surface area contributed by atoms with E-state index in [1.807, 2.05) is 76.0 Å². The number of nitrogens with one attached hydrogen (secondary N) is 2. The number of hydrazone groups is 1. The van der Waals surface area contributed by atoms with E-state index in [2.05, 4.69) is 26.0 Å². The van der Waals surface area contributed by atoms with Crippen LogP contribution in [-0.2, 0) is 6.42 Å². The van der Waals surface area contributed by atoms with E-state index in [1.165, 1.54) is 0 Å². The molecule has 0 saturated heterocycles. The molecule has 1 aromatic carbocycles. The number of hydrogen-bond acceptors (Lipinski definition) is 8. The van der Waals surface area contributed by atoms with Gasteiger partial charge in [-0.15, -0.1) is 10.2 Å². The minimum absolute atomic E-state index is 0.256. The Morgan fingerprint density at radius 3 is 2.60 bits per heavy atom. The number of para-hydroxylation sites is 1. The van der Waals surface area contributed by atoms with Crippen LogP contribution < -0.4 is 20.4 Å². The molecule has 0 fully saturated rings. The molecule has 0 radical (unpaired) electrons. The zero-order valence-electron chi connectivity index (χ0n) is 18.6. The zero-order valence-corrected chi connectivity index (χ0v) is 18.6. The molecule has 0 aliphatic heterocycles. The predicted octanol–water partition coefficient (Wildman–Crippen LogP) is 2.70. The first-order valence-corrected chi connectivity index (χ1v) is 10.3. The summed E-state index contributed by atoms with van der Waals surface area (Å²) < 4.78 is 5.87. The number of likely N-dealkylation sites (N-methyl/N-ethyl adjacent to an activating group) is 1. The Morgan fingerprint density at radius 1 is 1.17 bits per heavy atom. The van der Waals surface area contributed by atoms with Crippen molar-refractivity contribution >= 4 is 17.3 Å². The second-order valence-electron chi connectivity index (χ2n) is 7.75. The molecule has 0 spiro atoms. The van der Waals surface area contributed by atoms with Crippen molar-refractivity contribution in [3.8, 4) is 5.75 Å². The topological polar surface area (TPSA) is 94.9 Å². The maximum Gasteiger partial charge on any atom is 0.168 e. The number of aliphatic hydroxyl groups excluding tert-OH is 1. The molecule has 3 N–H and O–H groups in total. The van der Waals surface area contributed by atoms with E-state index in [0.717, 1.165) is 35.8 Å².